The number of benzene rings is 1. The molecule has 1 aromatic heterocycles. The second-order valence-corrected chi connectivity index (χ2v) is 6.63. The average Bonchev–Trinajstić information content (AvgIpc) is 3.04. The molecule has 3 rings (SSSR count). The van der Waals surface area contributed by atoms with E-state index in [-0.39, 0.29) is 12.1 Å². The maximum absolute atomic E-state index is 12.5. The Labute approximate surface area is 147 Å². The maximum atomic E-state index is 12.5. The first-order chi connectivity index (χ1) is 11.6. The van der Waals surface area contributed by atoms with Gasteiger partial charge in [0.1, 0.15) is 0 Å². The van der Waals surface area contributed by atoms with Crippen LogP contribution in [0.3, 0.4) is 0 Å². The van der Waals surface area contributed by atoms with Crippen molar-refractivity contribution in [1.29, 1.82) is 0 Å². The summed E-state index contributed by atoms with van der Waals surface area (Å²) in [4.78, 5) is 22.4. The molecule has 1 aromatic carbocycles. The molecule has 2 aromatic rings. The molecule has 2 atom stereocenters. The van der Waals surface area contributed by atoms with E-state index in [2.05, 4.69) is 27.4 Å². The number of halogens is 1. The number of carbonyl (C=O) groups is 1. The molecule has 6 heteroatoms. The summed E-state index contributed by atoms with van der Waals surface area (Å²) in [5, 5.41) is 3.90. The normalized spacial score (nSPS) is 19.9. The Hall–Kier alpha value is -2.14. The van der Waals surface area contributed by atoms with Crippen molar-refractivity contribution in [2.75, 3.05) is 7.05 Å². The molecule has 126 valence electrons. The van der Waals surface area contributed by atoms with Crippen LogP contribution in [0.1, 0.15) is 36.4 Å². The van der Waals surface area contributed by atoms with E-state index in [9.17, 15) is 4.79 Å². The van der Waals surface area contributed by atoms with Crippen LogP contribution in [0.25, 0.3) is 0 Å². The van der Waals surface area contributed by atoms with Gasteiger partial charge in [-0.15, -0.1) is 0 Å². The Morgan fingerprint density at radius 1 is 1.29 bits per heavy atom. The van der Waals surface area contributed by atoms with Gasteiger partial charge in [-0.2, -0.15) is 0 Å². The summed E-state index contributed by atoms with van der Waals surface area (Å²) in [5.74, 6) is 0.344. The molecule has 0 bridgehead atoms. The summed E-state index contributed by atoms with van der Waals surface area (Å²) < 4.78 is 0. The quantitative estimate of drug-likeness (QED) is 0.921. The second-order valence-electron chi connectivity index (χ2n) is 6.20. The molecule has 0 saturated heterocycles. The van der Waals surface area contributed by atoms with Crippen LogP contribution in [0.15, 0.2) is 42.9 Å². The molecule has 1 N–H and O–H groups in total. The Morgan fingerprint density at radius 3 is 2.79 bits per heavy atom. The molecule has 0 aliphatic heterocycles. The fourth-order valence-corrected chi connectivity index (χ4v) is 3.36. The minimum atomic E-state index is -0.0773. The first-order valence-electron chi connectivity index (χ1n) is 8.15. The summed E-state index contributed by atoms with van der Waals surface area (Å²) in [5.41, 5.74) is 2.01. The molecule has 2 amide bonds. The van der Waals surface area contributed by atoms with E-state index < -0.39 is 0 Å². The minimum Gasteiger partial charge on any atom is -0.335 e. The van der Waals surface area contributed by atoms with E-state index in [0.717, 1.165) is 30.0 Å². The van der Waals surface area contributed by atoms with Crippen molar-refractivity contribution in [2.24, 2.45) is 0 Å². The molecule has 0 spiro atoms. The van der Waals surface area contributed by atoms with Gasteiger partial charge in [0.25, 0.3) is 0 Å². The van der Waals surface area contributed by atoms with Crippen molar-refractivity contribution in [3.63, 3.8) is 0 Å². The zero-order chi connectivity index (χ0) is 16.9. The van der Waals surface area contributed by atoms with Gasteiger partial charge in [0.05, 0.1) is 18.4 Å². The van der Waals surface area contributed by atoms with E-state index in [1.807, 2.05) is 12.1 Å². The molecule has 1 aliphatic carbocycles. The Balaban J connectivity index is 1.61. The molecule has 1 fully saturated rings. The fourth-order valence-electron chi connectivity index (χ4n) is 3.24. The maximum Gasteiger partial charge on any atom is 0.317 e. The van der Waals surface area contributed by atoms with Crippen LogP contribution in [-0.2, 0) is 6.54 Å². The van der Waals surface area contributed by atoms with E-state index in [1.54, 1.807) is 30.5 Å². The number of urea groups is 1. The lowest BCUT2D eigenvalue weighted by Crippen LogP contribution is -2.43. The second kappa shape index (κ2) is 7.62. The molecular formula is C18H21ClN4O. The minimum absolute atomic E-state index is 0.0773. The number of hydrogen-bond donors (Lipinski definition) is 1. The van der Waals surface area contributed by atoms with E-state index in [0.29, 0.717) is 12.5 Å². The van der Waals surface area contributed by atoms with Crippen molar-refractivity contribution in [3.05, 3.63) is 59.1 Å². The smallest absolute Gasteiger partial charge is 0.317 e. The monoisotopic (exact) mass is 344 g/mol. The summed E-state index contributed by atoms with van der Waals surface area (Å²) >= 11 is 5.97. The number of carbonyl (C=O) groups excluding carboxylic acids is 1. The zero-order valence-electron chi connectivity index (χ0n) is 13.7. The molecule has 1 heterocycles. The first kappa shape index (κ1) is 16.7. The van der Waals surface area contributed by atoms with Crippen molar-refractivity contribution in [2.45, 2.75) is 37.8 Å². The van der Waals surface area contributed by atoms with Gasteiger partial charge in [-0.1, -0.05) is 30.2 Å². The molecule has 24 heavy (non-hydrogen) atoms. The highest BCUT2D eigenvalue weighted by Crippen LogP contribution is 2.35. The highest BCUT2D eigenvalue weighted by atomic mass is 35.5. The van der Waals surface area contributed by atoms with Crippen molar-refractivity contribution in [1.82, 2.24) is 20.2 Å². The summed E-state index contributed by atoms with van der Waals surface area (Å²) in [6.45, 7) is 0.442. The van der Waals surface area contributed by atoms with Crippen molar-refractivity contribution < 1.29 is 4.79 Å². The molecule has 1 saturated carbocycles. The van der Waals surface area contributed by atoms with Gasteiger partial charge < -0.3 is 10.2 Å². The molecule has 0 unspecified atom stereocenters. The predicted octanol–water partition coefficient (Wildman–Crippen LogP) is 3.61. The van der Waals surface area contributed by atoms with Crippen LogP contribution >= 0.6 is 11.6 Å². The number of rotatable bonds is 4. The highest BCUT2D eigenvalue weighted by molar-refractivity contribution is 6.30. The standard InChI is InChI=1S/C18H21ClN4O/c1-23(12-15-11-20-9-10-21-15)18(24)22-17-4-2-3-16(17)13-5-7-14(19)8-6-13/h5-11,16-17H,2-4,12H2,1H3,(H,22,24)/t16-,17+/m0/s1. The van der Waals surface area contributed by atoms with Gasteiger partial charge in [-0.25, -0.2) is 4.79 Å². The third-order valence-electron chi connectivity index (χ3n) is 4.49. The molecular weight excluding hydrogens is 324 g/mol. The van der Waals surface area contributed by atoms with Gasteiger partial charge in [-0.05, 0) is 30.5 Å². The van der Waals surface area contributed by atoms with Gasteiger partial charge >= 0.3 is 6.03 Å². The number of nitrogens with one attached hydrogen (secondary N) is 1. The van der Waals surface area contributed by atoms with Crippen LogP contribution in [0.4, 0.5) is 4.79 Å². The fraction of sp³-hybridized carbons (Fsp3) is 0.389. The Kier molecular flexibility index (Phi) is 5.30. The van der Waals surface area contributed by atoms with Gasteiger partial charge in [0.15, 0.2) is 0 Å². The Bertz CT molecular complexity index is 677. The number of nitrogens with zero attached hydrogens (tertiary/aromatic N) is 3. The van der Waals surface area contributed by atoms with Crippen LogP contribution in [0, 0.1) is 0 Å². The average molecular weight is 345 g/mol. The van der Waals surface area contributed by atoms with Crippen LogP contribution < -0.4 is 5.32 Å². The summed E-state index contributed by atoms with van der Waals surface area (Å²) in [6.07, 6.45) is 8.13. The predicted molar refractivity (Wildman–Crippen MR) is 93.9 cm³/mol. The third-order valence-corrected chi connectivity index (χ3v) is 4.74. The Morgan fingerprint density at radius 2 is 2.08 bits per heavy atom. The zero-order valence-corrected chi connectivity index (χ0v) is 14.4. The highest BCUT2D eigenvalue weighted by Gasteiger charge is 2.30. The summed E-state index contributed by atoms with van der Waals surface area (Å²) in [6, 6.07) is 8.01. The lowest BCUT2D eigenvalue weighted by molar-refractivity contribution is 0.201. The number of amides is 2. The molecule has 0 radical (unpaired) electrons. The van der Waals surface area contributed by atoms with Crippen molar-refractivity contribution in [3.8, 4) is 0 Å². The van der Waals surface area contributed by atoms with Crippen LogP contribution in [0.2, 0.25) is 5.02 Å². The van der Waals surface area contributed by atoms with Gasteiger partial charge in [0, 0.05) is 36.4 Å². The van der Waals surface area contributed by atoms with Crippen LogP contribution in [0.5, 0.6) is 0 Å². The lowest BCUT2D eigenvalue weighted by Gasteiger charge is -2.25. The molecule has 1 aliphatic rings. The van der Waals surface area contributed by atoms with Gasteiger partial charge in [-0.3, -0.25) is 9.97 Å². The van der Waals surface area contributed by atoms with E-state index in [1.165, 1.54) is 5.56 Å². The van der Waals surface area contributed by atoms with E-state index >= 15 is 0 Å². The number of hydrogen-bond acceptors (Lipinski definition) is 3. The molecule has 5 nitrogen and oxygen atoms in total. The van der Waals surface area contributed by atoms with Gasteiger partial charge in [0.2, 0.25) is 0 Å². The first-order valence-corrected chi connectivity index (χ1v) is 8.53. The largest absolute Gasteiger partial charge is 0.335 e. The lowest BCUT2D eigenvalue weighted by atomic mass is 9.94. The van der Waals surface area contributed by atoms with Crippen LogP contribution in [-0.4, -0.2) is 34.0 Å². The topological polar surface area (TPSA) is 58.1 Å². The number of aromatic nitrogens is 2. The van der Waals surface area contributed by atoms with Crippen molar-refractivity contribution >= 4 is 17.6 Å². The third kappa shape index (κ3) is 4.03. The summed E-state index contributed by atoms with van der Waals surface area (Å²) in [7, 11) is 1.77. The van der Waals surface area contributed by atoms with E-state index in [4.69, 9.17) is 11.6 Å². The SMILES string of the molecule is CN(Cc1cnccn1)C(=O)N[C@@H]1CCC[C@H]1c1ccc(Cl)cc1.